The summed E-state index contributed by atoms with van der Waals surface area (Å²) in [4.78, 5) is 17.0. The lowest BCUT2D eigenvalue weighted by atomic mass is 9.90. The fraction of sp³-hybridized carbons (Fsp3) is 0.360. The van der Waals surface area contributed by atoms with E-state index in [1.807, 2.05) is 47.0 Å². The van der Waals surface area contributed by atoms with E-state index in [9.17, 15) is 4.79 Å². The van der Waals surface area contributed by atoms with E-state index in [1.54, 1.807) is 0 Å². The van der Waals surface area contributed by atoms with Gasteiger partial charge in [-0.05, 0) is 50.5 Å². The molecule has 2 aromatic heterocycles. The molecule has 0 N–H and O–H groups in total. The van der Waals surface area contributed by atoms with Gasteiger partial charge >= 0.3 is 0 Å². The zero-order valence-corrected chi connectivity index (χ0v) is 19.4. The van der Waals surface area contributed by atoms with Gasteiger partial charge in [0.2, 0.25) is 5.91 Å². The summed E-state index contributed by atoms with van der Waals surface area (Å²) in [6.07, 6.45) is 13.0. The second kappa shape index (κ2) is 9.43. The fourth-order valence-electron chi connectivity index (χ4n) is 4.03. The van der Waals surface area contributed by atoms with Gasteiger partial charge in [-0.3, -0.25) is 9.48 Å². The van der Waals surface area contributed by atoms with Crippen molar-refractivity contribution in [2.24, 2.45) is 7.05 Å². The van der Waals surface area contributed by atoms with Crippen LogP contribution in [0.3, 0.4) is 0 Å². The maximum atomic E-state index is 12.4. The van der Waals surface area contributed by atoms with Crippen molar-refractivity contribution in [3.05, 3.63) is 81.4 Å². The Morgan fingerprint density at radius 1 is 1.37 bits per heavy atom. The summed E-state index contributed by atoms with van der Waals surface area (Å²) in [5.41, 5.74) is 5.81. The van der Waals surface area contributed by atoms with Gasteiger partial charge in [-0.25, -0.2) is 0 Å². The topological polar surface area (TPSA) is 38.1 Å². The Hall–Kier alpha value is -2.66. The van der Waals surface area contributed by atoms with Crippen molar-refractivity contribution in [2.75, 3.05) is 6.54 Å². The van der Waals surface area contributed by atoms with Crippen molar-refractivity contribution >= 4 is 22.8 Å². The molecule has 1 aliphatic rings. The van der Waals surface area contributed by atoms with E-state index in [0.717, 1.165) is 28.9 Å². The number of hydrogen-bond acceptors (Lipinski definition) is 3. The second-order valence-electron chi connectivity index (χ2n) is 7.65. The van der Waals surface area contributed by atoms with Gasteiger partial charge in [-0.15, -0.1) is 11.3 Å². The molecule has 0 bridgehead atoms. The minimum Gasteiger partial charge on any atom is -0.333 e. The number of hydrogen-bond donors (Lipinski definition) is 0. The number of thiophene rings is 1. The number of allylic oxidation sites excluding steroid dienone is 5. The summed E-state index contributed by atoms with van der Waals surface area (Å²) in [7, 11) is 1.98. The quantitative estimate of drug-likeness (QED) is 0.457. The first-order valence-corrected chi connectivity index (χ1v) is 11.3. The molecule has 0 saturated heterocycles. The summed E-state index contributed by atoms with van der Waals surface area (Å²) < 4.78 is 1.93. The zero-order chi connectivity index (χ0) is 21.8. The Morgan fingerprint density at radius 3 is 2.73 bits per heavy atom. The average molecular weight is 422 g/mol. The van der Waals surface area contributed by atoms with Gasteiger partial charge < -0.3 is 4.90 Å². The van der Waals surface area contributed by atoms with Crippen LogP contribution in [-0.4, -0.2) is 27.1 Å². The molecule has 3 rings (SSSR count). The van der Waals surface area contributed by atoms with E-state index >= 15 is 0 Å². The van der Waals surface area contributed by atoms with Crippen LogP contribution in [0.5, 0.6) is 0 Å². The molecule has 1 amide bonds. The lowest BCUT2D eigenvalue weighted by Crippen LogP contribution is -2.36. The normalized spacial score (nSPS) is 17.2. The van der Waals surface area contributed by atoms with Crippen molar-refractivity contribution in [3.8, 4) is 0 Å². The summed E-state index contributed by atoms with van der Waals surface area (Å²) >= 11 is 1.82. The molecule has 0 saturated carbocycles. The molecule has 5 heteroatoms. The number of aromatic nitrogens is 2. The summed E-state index contributed by atoms with van der Waals surface area (Å²) in [5.74, 6) is 0.128. The molecule has 1 atom stereocenters. The van der Waals surface area contributed by atoms with Crippen LogP contribution in [-0.2, 0) is 24.8 Å². The predicted molar refractivity (Wildman–Crippen MR) is 127 cm³/mol. The van der Waals surface area contributed by atoms with Crippen LogP contribution in [0.15, 0.2) is 49.1 Å². The number of nitrogens with zero attached hydrogens (tertiary/aromatic N) is 3. The number of carbonyl (C=O) groups excluding carboxylic acids is 1. The smallest absolute Gasteiger partial charge is 0.246 e. The lowest BCUT2D eigenvalue weighted by Gasteiger charge is -2.31. The van der Waals surface area contributed by atoms with Crippen LogP contribution in [0.2, 0.25) is 0 Å². The molecular formula is C25H31N3OS. The highest BCUT2D eigenvalue weighted by Crippen LogP contribution is 2.38. The van der Waals surface area contributed by atoms with Gasteiger partial charge in [0.25, 0.3) is 0 Å². The predicted octanol–water partition coefficient (Wildman–Crippen LogP) is 5.49. The second-order valence-corrected chi connectivity index (χ2v) is 8.87. The van der Waals surface area contributed by atoms with Gasteiger partial charge in [0.1, 0.15) is 0 Å². The standard InChI is InChI=1S/C25H31N3OS/c1-7-10-11-12-19(25-17(4)26-27(6)18(25)5)13-20-15-28(24(29)9-3)16-23-22(20)14-21(8-2)30-23/h7,9-14,20H,3,8,15-16H2,1-2,4-6H3/b10-7-,12-11-,19-13-/t20-/m0/s1. The Kier molecular flexibility index (Phi) is 6.93. The largest absolute Gasteiger partial charge is 0.333 e. The number of rotatable bonds is 6. The Morgan fingerprint density at radius 2 is 2.13 bits per heavy atom. The van der Waals surface area contributed by atoms with Crippen molar-refractivity contribution in [3.63, 3.8) is 0 Å². The van der Waals surface area contributed by atoms with Crippen molar-refractivity contribution in [1.29, 1.82) is 0 Å². The molecule has 158 valence electrons. The van der Waals surface area contributed by atoms with Gasteiger partial charge in [0.05, 0.1) is 12.2 Å². The highest BCUT2D eigenvalue weighted by molar-refractivity contribution is 7.12. The minimum absolute atomic E-state index is 0.00903. The maximum absolute atomic E-state index is 12.4. The first-order valence-electron chi connectivity index (χ1n) is 10.4. The summed E-state index contributed by atoms with van der Waals surface area (Å²) in [5, 5.41) is 4.62. The average Bonchev–Trinajstić information content (AvgIpc) is 3.26. The molecule has 0 aliphatic carbocycles. The molecule has 3 heterocycles. The number of amides is 1. The molecule has 4 nitrogen and oxygen atoms in total. The van der Waals surface area contributed by atoms with Crippen molar-refractivity contribution < 1.29 is 4.79 Å². The van der Waals surface area contributed by atoms with E-state index in [-0.39, 0.29) is 11.8 Å². The number of carbonyl (C=O) groups is 1. The van der Waals surface area contributed by atoms with E-state index in [2.05, 4.69) is 56.7 Å². The Labute approximate surface area is 183 Å². The van der Waals surface area contributed by atoms with E-state index < -0.39 is 0 Å². The van der Waals surface area contributed by atoms with Gasteiger partial charge in [0.15, 0.2) is 0 Å². The molecule has 0 radical (unpaired) electrons. The van der Waals surface area contributed by atoms with Crippen LogP contribution in [0.25, 0.3) is 5.57 Å². The van der Waals surface area contributed by atoms with E-state index in [0.29, 0.717) is 13.1 Å². The van der Waals surface area contributed by atoms with Crippen LogP contribution in [0.4, 0.5) is 0 Å². The van der Waals surface area contributed by atoms with Gasteiger partial charge in [-0.2, -0.15) is 5.10 Å². The molecule has 1 aliphatic heterocycles. The fourth-order valence-corrected chi connectivity index (χ4v) is 5.22. The third-order valence-corrected chi connectivity index (χ3v) is 6.92. The van der Waals surface area contributed by atoms with Crippen LogP contribution in [0, 0.1) is 13.8 Å². The molecule has 0 unspecified atom stereocenters. The minimum atomic E-state index is -0.00903. The molecular weight excluding hydrogens is 390 g/mol. The molecule has 0 spiro atoms. The van der Waals surface area contributed by atoms with Crippen LogP contribution in [0.1, 0.15) is 52.0 Å². The molecule has 0 aromatic carbocycles. The Bertz CT molecular complexity index is 1040. The lowest BCUT2D eigenvalue weighted by molar-refractivity contribution is -0.127. The molecule has 30 heavy (non-hydrogen) atoms. The number of aryl methyl sites for hydroxylation is 3. The SMILES string of the molecule is C=CC(=O)N1Cc2sc(CC)cc2[C@@H](/C=C(/C=C\C=C/C)c2c(C)nn(C)c2C)C1. The van der Waals surface area contributed by atoms with Crippen LogP contribution < -0.4 is 0 Å². The first-order chi connectivity index (χ1) is 14.4. The molecule has 2 aromatic rings. The van der Waals surface area contributed by atoms with E-state index in [1.165, 1.54) is 21.4 Å². The van der Waals surface area contributed by atoms with Crippen LogP contribution >= 0.6 is 11.3 Å². The Balaban J connectivity index is 2.13. The number of fused-ring (bicyclic) bond motifs is 1. The molecule has 0 fully saturated rings. The zero-order valence-electron chi connectivity index (χ0n) is 18.6. The highest BCUT2D eigenvalue weighted by Gasteiger charge is 2.29. The monoisotopic (exact) mass is 421 g/mol. The van der Waals surface area contributed by atoms with Crippen molar-refractivity contribution in [2.45, 2.75) is 46.6 Å². The first kappa shape index (κ1) is 22.0. The third-order valence-electron chi connectivity index (χ3n) is 5.64. The van der Waals surface area contributed by atoms with Crippen molar-refractivity contribution in [1.82, 2.24) is 14.7 Å². The van der Waals surface area contributed by atoms with E-state index in [4.69, 9.17) is 0 Å². The highest BCUT2D eigenvalue weighted by atomic mass is 32.1. The maximum Gasteiger partial charge on any atom is 0.246 e. The summed E-state index contributed by atoms with van der Waals surface area (Å²) in [6, 6.07) is 2.33. The summed E-state index contributed by atoms with van der Waals surface area (Å²) in [6.45, 7) is 13.4. The third kappa shape index (κ3) is 4.41. The van der Waals surface area contributed by atoms with Gasteiger partial charge in [-0.1, -0.05) is 43.9 Å². The van der Waals surface area contributed by atoms with Gasteiger partial charge in [0, 0.05) is 40.5 Å².